The molecule has 0 radical (unpaired) electrons. The van der Waals surface area contributed by atoms with Crippen molar-refractivity contribution in [3.63, 3.8) is 0 Å². The molecule has 4 nitrogen and oxygen atoms in total. The smallest absolute Gasteiger partial charge is 0.401 e. The number of aromatic nitrogens is 1. The summed E-state index contributed by atoms with van der Waals surface area (Å²) in [6.45, 7) is 1.67. The first-order valence-corrected chi connectivity index (χ1v) is 7.51. The summed E-state index contributed by atoms with van der Waals surface area (Å²) in [5.41, 5.74) is 1.76. The predicted octanol–water partition coefficient (Wildman–Crippen LogP) is 3.02. The van der Waals surface area contributed by atoms with E-state index in [-0.39, 0.29) is 0 Å². The van der Waals surface area contributed by atoms with Gasteiger partial charge in [0.25, 0.3) is 0 Å². The second-order valence-electron chi connectivity index (χ2n) is 5.66. The van der Waals surface area contributed by atoms with Crippen LogP contribution < -0.4 is 0 Å². The maximum absolute atomic E-state index is 12.4. The molecule has 1 aromatic heterocycles. The van der Waals surface area contributed by atoms with Crippen LogP contribution in [-0.2, 0) is 6.54 Å². The molecule has 124 valence electrons. The van der Waals surface area contributed by atoms with Crippen molar-refractivity contribution >= 4 is 0 Å². The van der Waals surface area contributed by atoms with Gasteiger partial charge in [0.05, 0.1) is 13.1 Å². The number of halogens is 3. The van der Waals surface area contributed by atoms with Crippen molar-refractivity contribution in [1.82, 2.24) is 14.8 Å². The van der Waals surface area contributed by atoms with Crippen LogP contribution in [-0.4, -0.2) is 53.7 Å². The second kappa shape index (κ2) is 6.72. The minimum absolute atomic E-state index is 0.408. The van der Waals surface area contributed by atoms with Gasteiger partial charge in [-0.3, -0.25) is 9.80 Å². The summed E-state index contributed by atoms with van der Waals surface area (Å²) in [5, 5.41) is 0. The zero-order chi connectivity index (χ0) is 16.3. The Labute approximate surface area is 132 Å². The van der Waals surface area contributed by atoms with Crippen molar-refractivity contribution in [3.05, 3.63) is 42.5 Å². The van der Waals surface area contributed by atoms with Crippen LogP contribution in [0.5, 0.6) is 0 Å². The first-order chi connectivity index (χ1) is 11.0. The lowest BCUT2D eigenvalue weighted by Crippen LogP contribution is -2.48. The topological polar surface area (TPSA) is 32.5 Å². The van der Waals surface area contributed by atoms with Crippen molar-refractivity contribution in [2.45, 2.75) is 12.7 Å². The minimum Gasteiger partial charge on any atom is -0.447 e. The van der Waals surface area contributed by atoms with Crippen LogP contribution in [0.2, 0.25) is 0 Å². The van der Waals surface area contributed by atoms with Gasteiger partial charge in [0.1, 0.15) is 12.0 Å². The highest BCUT2D eigenvalue weighted by atomic mass is 19.4. The number of rotatable bonds is 4. The molecular formula is C16H18F3N3O. The number of benzene rings is 1. The molecule has 0 unspecified atom stereocenters. The first-order valence-electron chi connectivity index (χ1n) is 7.51. The van der Waals surface area contributed by atoms with E-state index in [0.29, 0.717) is 38.6 Å². The number of piperazine rings is 1. The van der Waals surface area contributed by atoms with Crippen LogP contribution in [0.25, 0.3) is 11.3 Å². The minimum atomic E-state index is -4.13. The van der Waals surface area contributed by atoms with E-state index in [1.165, 1.54) is 4.90 Å². The average Bonchev–Trinajstić information content (AvgIpc) is 2.97. The van der Waals surface area contributed by atoms with Gasteiger partial charge in [-0.1, -0.05) is 30.3 Å². The molecule has 1 aliphatic rings. The van der Waals surface area contributed by atoms with Gasteiger partial charge in [0.15, 0.2) is 0 Å². The summed E-state index contributed by atoms with van der Waals surface area (Å²) < 4.78 is 42.6. The third-order valence-corrected chi connectivity index (χ3v) is 3.85. The van der Waals surface area contributed by atoms with Crippen molar-refractivity contribution in [2.75, 3.05) is 32.7 Å². The lowest BCUT2D eigenvalue weighted by molar-refractivity contribution is -0.149. The monoisotopic (exact) mass is 325 g/mol. The summed E-state index contributed by atoms with van der Waals surface area (Å²) in [6, 6.07) is 9.72. The fraction of sp³-hybridized carbons (Fsp3) is 0.438. The molecule has 2 aromatic rings. The molecule has 2 heterocycles. The Morgan fingerprint density at radius 1 is 1.00 bits per heavy atom. The van der Waals surface area contributed by atoms with E-state index in [0.717, 1.165) is 11.3 Å². The van der Waals surface area contributed by atoms with Crippen molar-refractivity contribution < 1.29 is 17.6 Å². The number of hydrogen-bond donors (Lipinski definition) is 0. The largest absolute Gasteiger partial charge is 0.447 e. The summed E-state index contributed by atoms with van der Waals surface area (Å²) in [5.74, 6) is 0.591. The van der Waals surface area contributed by atoms with Gasteiger partial charge in [-0.25, -0.2) is 4.98 Å². The highest BCUT2D eigenvalue weighted by Crippen LogP contribution is 2.20. The maximum atomic E-state index is 12.4. The van der Waals surface area contributed by atoms with Crippen LogP contribution in [0, 0.1) is 0 Å². The third kappa shape index (κ3) is 4.56. The van der Waals surface area contributed by atoms with Crippen LogP contribution >= 0.6 is 0 Å². The van der Waals surface area contributed by atoms with Crippen LogP contribution in [0.3, 0.4) is 0 Å². The van der Waals surface area contributed by atoms with Crippen LogP contribution in [0.15, 0.2) is 41.0 Å². The SMILES string of the molecule is FC(F)(F)CN1CCN(Cc2nc(-c3ccccc3)co2)CC1. The highest BCUT2D eigenvalue weighted by molar-refractivity contribution is 5.57. The van der Waals surface area contributed by atoms with Crippen LogP contribution in [0.1, 0.15) is 5.89 Å². The Morgan fingerprint density at radius 3 is 2.30 bits per heavy atom. The van der Waals surface area contributed by atoms with E-state index in [9.17, 15) is 13.2 Å². The van der Waals surface area contributed by atoms with E-state index in [2.05, 4.69) is 9.88 Å². The summed E-state index contributed by atoms with van der Waals surface area (Å²) in [7, 11) is 0. The van der Waals surface area contributed by atoms with E-state index in [4.69, 9.17) is 4.42 Å². The van der Waals surface area contributed by atoms with E-state index >= 15 is 0 Å². The Balaban J connectivity index is 1.53. The van der Waals surface area contributed by atoms with Gasteiger partial charge >= 0.3 is 6.18 Å². The van der Waals surface area contributed by atoms with E-state index < -0.39 is 12.7 Å². The molecule has 1 fully saturated rings. The van der Waals surface area contributed by atoms with Gasteiger partial charge in [-0.15, -0.1) is 0 Å². The molecule has 0 saturated carbocycles. The second-order valence-corrected chi connectivity index (χ2v) is 5.66. The summed E-state index contributed by atoms with van der Waals surface area (Å²) in [4.78, 5) is 7.95. The predicted molar refractivity (Wildman–Crippen MR) is 79.7 cm³/mol. The Hall–Kier alpha value is -1.86. The van der Waals surface area contributed by atoms with Gasteiger partial charge in [-0.2, -0.15) is 13.2 Å². The quantitative estimate of drug-likeness (QED) is 0.865. The zero-order valence-electron chi connectivity index (χ0n) is 12.6. The van der Waals surface area contributed by atoms with E-state index in [1.54, 1.807) is 6.26 Å². The fourth-order valence-corrected chi connectivity index (χ4v) is 2.68. The van der Waals surface area contributed by atoms with Gasteiger partial charge in [0.2, 0.25) is 5.89 Å². The number of oxazole rings is 1. The molecule has 1 saturated heterocycles. The van der Waals surface area contributed by atoms with Gasteiger partial charge < -0.3 is 4.42 Å². The van der Waals surface area contributed by atoms with Crippen LogP contribution in [0.4, 0.5) is 13.2 Å². The Kier molecular flexibility index (Phi) is 4.68. The Morgan fingerprint density at radius 2 is 1.65 bits per heavy atom. The zero-order valence-corrected chi connectivity index (χ0v) is 12.6. The molecular weight excluding hydrogens is 307 g/mol. The van der Waals surface area contributed by atoms with Gasteiger partial charge in [-0.05, 0) is 0 Å². The number of hydrogen-bond acceptors (Lipinski definition) is 4. The lowest BCUT2D eigenvalue weighted by Gasteiger charge is -2.34. The van der Waals surface area contributed by atoms with E-state index in [1.807, 2.05) is 30.3 Å². The molecule has 1 aliphatic heterocycles. The Bertz CT molecular complexity index is 619. The molecule has 0 aliphatic carbocycles. The van der Waals surface area contributed by atoms with Crippen molar-refractivity contribution in [1.29, 1.82) is 0 Å². The fourth-order valence-electron chi connectivity index (χ4n) is 2.68. The molecule has 3 rings (SSSR count). The first kappa shape index (κ1) is 16.0. The maximum Gasteiger partial charge on any atom is 0.401 e. The van der Waals surface area contributed by atoms with Gasteiger partial charge in [0, 0.05) is 31.7 Å². The molecule has 23 heavy (non-hydrogen) atoms. The molecule has 0 atom stereocenters. The van der Waals surface area contributed by atoms with Crippen molar-refractivity contribution in [3.8, 4) is 11.3 Å². The molecule has 0 amide bonds. The highest BCUT2D eigenvalue weighted by Gasteiger charge is 2.32. The molecule has 0 spiro atoms. The number of alkyl halides is 3. The molecule has 0 bridgehead atoms. The summed E-state index contributed by atoms with van der Waals surface area (Å²) >= 11 is 0. The third-order valence-electron chi connectivity index (χ3n) is 3.85. The molecule has 0 N–H and O–H groups in total. The number of nitrogens with zero attached hydrogens (tertiary/aromatic N) is 3. The standard InChI is InChI=1S/C16H18F3N3O/c17-16(18,19)12-22-8-6-21(7-9-22)10-15-20-14(11-23-15)13-4-2-1-3-5-13/h1-5,11H,6-10,12H2. The summed E-state index contributed by atoms with van der Waals surface area (Å²) in [6.07, 6.45) is -2.51. The lowest BCUT2D eigenvalue weighted by atomic mass is 10.2. The molecule has 7 heteroatoms. The molecule has 1 aromatic carbocycles. The normalized spacial score (nSPS) is 17.5. The van der Waals surface area contributed by atoms with Crippen molar-refractivity contribution in [2.24, 2.45) is 0 Å². The average molecular weight is 325 g/mol.